The number of nitrogens with zero attached hydrogens (tertiary/aromatic N) is 1. The molecule has 16 heavy (non-hydrogen) atoms. The van der Waals surface area contributed by atoms with Gasteiger partial charge in [-0.2, -0.15) is 0 Å². The first-order valence-corrected chi connectivity index (χ1v) is 6.72. The molecular formula is C13H17Cl2N. The predicted molar refractivity (Wildman–Crippen MR) is 71.6 cm³/mol. The summed E-state index contributed by atoms with van der Waals surface area (Å²) in [6.07, 6.45) is 2.59. The highest BCUT2D eigenvalue weighted by molar-refractivity contribution is 6.32. The number of rotatable bonds is 2. The first-order valence-electron chi connectivity index (χ1n) is 5.80. The molecule has 0 N–H and O–H groups in total. The van der Waals surface area contributed by atoms with Gasteiger partial charge in [0.25, 0.3) is 0 Å². The highest BCUT2D eigenvalue weighted by atomic mass is 35.5. The van der Waals surface area contributed by atoms with Crippen LogP contribution >= 0.6 is 23.2 Å². The highest BCUT2D eigenvalue weighted by Gasteiger charge is 2.19. The van der Waals surface area contributed by atoms with E-state index in [-0.39, 0.29) is 0 Å². The van der Waals surface area contributed by atoms with Gasteiger partial charge in [-0.1, -0.05) is 24.6 Å². The Balaban J connectivity index is 2.28. The minimum Gasteiger partial charge on any atom is -0.371 e. The van der Waals surface area contributed by atoms with Gasteiger partial charge in [0.1, 0.15) is 0 Å². The molecule has 0 radical (unpaired) electrons. The summed E-state index contributed by atoms with van der Waals surface area (Å²) in [6.45, 7) is 4.54. The highest BCUT2D eigenvalue weighted by Crippen LogP contribution is 2.31. The fourth-order valence-electron chi connectivity index (χ4n) is 2.38. The molecule has 1 aromatic rings. The van der Waals surface area contributed by atoms with Crippen LogP contribution in [0.2, 0.25) is 5.02 Å². The van der Waals surface area contributed by atoms with Gasteiger partial charge in [-0.15, -0.1) is 11.6 Å². The van der Waals surface area contributed by atoms with E-state index in [2.05, 4.69) is 17.9 Å². The summed E-state index contributed by atoms with van der Waals surface area (Å²) in [5.41, 5.74) is 2.29. The minimum absolute atomic E-state index is 0.486. The Morgan fingerprint density at radius 3 is 2.94 bits per heavy atom. The van der Waals surface area contributed by atoms with Crippen molar-refractivity contribution in [2.24, 2.45) is 5.92 Å². The number of benzene rings is 1. The van der Waals surface area contributed by atoms with Crippen LogP contribution in [-0.2, 0) is 5.88 Å². The molecule has 3 heteroatoms. The Hall–Kier alpha value is -0.400. The first-order chi connectivity index (χ1) is 7.72. The van der Waals surface area contributed by atoms with E-state index in [4.69, 9.17) is 23.2 Å². The minimum atomic E-state index is 0.486. The number of hydrogen-bond acceptors (Lipinski definition) is 1. The van der Waals surface area contributed by atoms with Crippen molar-refractivity contribution < 1.29 is 0 Å². The van der Waals surface area contributed by atoms with Gasteiger partial charge in [-0.25, -0.2) is 0 Å². The number of hydrogen-bond donors (Lipinski definition) is 0. The van der Waals surface area contributed by atoms with E-state index in [9.17, 15) is 0 Å². The fraction of sp³-hybridized carbons (Fsp3) is 0.538. The smallest absolute Gasteiger partial charge is 0.0509 e. The second kappa shape index (κ2) is 5.29. The summed E-state index contributed by atoms with van der Waals surface area (Å²) in [4.78, 5) is 2.41. The monoisotopic (exact) mass is 257 g/mol. The third kappa shape index (κ3) is 2.46. The van der Waals surface area contributed by atoms with E-state index in [1.54, 1.807) is 0 Å². The molecule has 0 saturated carbocycles. The van der Waals surface area contributed by atoms with E-state index < -0.39 is 0 Å². The Morgan fingerprint density at radius 1 is 1.44 bits per heavy atom. The van der Waals surface area contributed by atoms with Crippen LogP contribution in [0.1, 0.15) is 25.3 Å². The van der Waals surface area contributed by atoms with Gasteiger partial charge in [0, 0.05) is 29.4 Å². The molecule has 1 aliphatic heterocycles. The molecule has 88 valence electrons. The summed E-state index contributed by atoms with van der Waals surface area (Å²) in [5, 5.41) is 0.783. The lowest BCUT2D eigenvalue weighted by Crippen LogP contribution is -2.34. The zero-order valence-electron chi connectivity index (χ0n) is 9.55. The zero-order chi connectivity index (χ0) is 11.5. The summed E-state index contributed by atoms with van der Waals surface area (Å²) >= 11 is 12.2. The van der Waals surface area contributed by atoms with Crippen LogP contribution < -0.4 is 4.90 Å². The molecule has 1 fully saturated rings. The standard InChI is InChI=1S/C13H17Cl2N/c1-10-4-3-7-16(9-10)13-6-2-5-12(15)11(13)8-14/h2,5-6,10H,3-4,7-9H2,1H3. The third-order valence-corrected chi connectivity index (χ3v) is 3.85. The average molecular weight is 258 g/mol. The molecule has 0 spiro atoms. The van der Waals surface area contributed by atoms with Gasteiger partial charge < -0.3 is 4.90 Å². The Bertz CT molecular complexity index is 365. The number of anilines is 1. The van der Waals surface area contributed by atoms with E-state index in [1.165, 1.54) is 18.5 Å². The molecule has 1 atom stereocenters. The predicted octanol–water partition coefficient (Wildman–Crippen LogP) is 4.32. The second-order valence-electron chi connectivity index (χ2n) is 4.56. The number of alkyl halides is 1. The SMILES string of the molecule is CC1CCCN(c2cccc(Cl)c2CCl)C1. The molecule has 0 aliphatic carbocycles. The molecule has 0 bridgehead atoms. The van der Waals surface area contributed by atoms with Gasteiger partial charge in [-0.3, -0.25) is 0 Å². The van der Waals surface area contributed by atoms with Crippen LogP contribution in [0.25, 0.3) is 0 Å². The molecule has 1 heterocycles. The fourth-order valence-corrected chi connectivity index (χ4v) is 2.97. The maximum atomic E-state index is 6.17. The molecule has 0 amide bonds. The van der Waals surface area contributed by atoms with Gasteiger partial charge >= 0.3 is 0 Å². The van der Waals surface area contributed by atoms with Crippen LogP contribution in [0.3, 0.4) is 0 Å². The Morgan fingerprint density at radius 2 is 2.25 bits per heavy atom. The van der Waals surface area contributed by atoms with Crippen molar-refractivity contribution in [1.29, 1.82) is 0 Å². The van der Waals surface area contributed by atoms with E-state index >= 15 is 0 Å². The molecule has 2 rings (SSSR count). The van der Waals surface area contributed by atoms with Gasteiger partial charge in [0.05, 0.1) is 5.88 Å². The van der Waals surface area contributed by atoms with Gasteiger partial charge in [-0.05, 0) is 30.9 Å². The molecular weight excluding hydrogens is 241 g/mol. The lowest BCUT2D eigenvalue weighted by molar-refractivity contribution is 0.446. The summed E-state index contributed by atoms with van der Waals surface area (Å²) in [6, 6.07) is 6.05. The normalized spacial score (nSPS) is 21.2. The van der Waals surface area contributed by atoms with Crippen molar-refractivity contribution in [3.05, 3.63) is 28.8 Å². The number of piperidine rings is 1. The van der Waals surface area contributed by atoms with Crippen LogP contribution in [0.15, 0.2) is 18.2 Å². The van der Waals surface area contributed by atoms with Crippen molar-refractivity contribution >= 4 is 28.9 Å². The zero-order valence-corrected chi connectivity index (χ0v) is 11.1. The van der Waals surface area contributed by atoms with Crippen molar-refractivity contribution in [1.82, 2.24) is 0 Å². The van der Waals surface area contributed by atoms with Gasteiger partial charge in [0.15, 0.2) is 0 Å². The lowest BCUT2D eigenvalue weighted by Gasteiger charge is -2.34. The second-order valence-corrected chi connectivity index (χ2v) is 5.24. The van der Waals surface area contributed by atoms with Crippen LogP contribution in [0, 0.1) is 5.92 Å². The quantitative estimate of drug-likeness (QED) is 0.714. The van der Waals surface area contributed by atoms with Crippen LogP contribution in [0.4, 0.5) is 5.69 Å². The summed E-state index contributed by atoms with van der Waals surface area (Å²) in [5.74, 6) is 1.25. The van der Waals surface area contributed by atoms with E-state index in [0.717, 1.165) is 29.6 Å². The molecule has 1 saturated heterocycles. The van der Waals surface area contributed by atoms with E-state index in [1.807, 2.05) is 12.1 Å². The largest absolute Gasteiger partial charge is 0.371 e. The van der Waals surface area contributed by atoms with Crippen molar-refractivity contribution in [2.75, 3.05) is 18.0 Å². The maximum Gasteiger partial charge on any atom is 0.0509 e. The molecule has 1 aliphatic rings. The number of halogens is 2. The van der Waals surface area contributed by atoms with Crippen molar-refractivity contribution in [2.45, 2.75) is 25.6 Å². The lowest BCUT2D eigenvalue weighted by atomic mass is 9.99. The molecule has 1 nitrogen and oxygen atoms in total. The van der Waals surface area contributed by atoms with Crippen LogP contribution in [-0.4, -0.2) is 13.1 Å². The molecule has 1 unspecified atom stereocenters. The maximum absolute atomic E-state index is 6.17. The van der Waals surface area contributed by atoms with Gasteiger partial charge in [0.2, 0.25) is 0 Å². The van der Waals surface area contributed by atoms with Crippen LogP contribution in [0.5, 0.6) is 0 Å². The Kier molecular flexibility index (Phi) is 3.99. The third-order valence-electron chi connectivity index (χ3n) is 3.23. The topological polar surface area (TPSA) is 3.24 Å². The van der Waals surface area contributed by atoms with Crippen molar-refractivity contribution in [3.63, 3.8) is 0 Å². The Labute approximate surface area is 107 Å². The summed E-state index contributed by atoms with van der Waals surface area (Å²) in [7, 11) is 0. The van der Waals surface area contributed by atoms with Crippen molar-refractivity contribution in [3.8, 4) is 0 Å². The first kappa shape index (κ1) is 12.1. The molecule has 1 aromatic carbocycles. The molecule has 0 aromatic heterocycles. The van der Waals surface area contributed by atoms with E-state index in [0.29, 0.717) is 5.88 Å². The summed E-state index contributed by atoms with van der Waals surface area (Å²) < 4.78 is 0. The average Bonchev–Trinajstić information content (AvgIpc) is 2.28.